The standard InChI is InChI=1S/C14H24N4O3/c1-4-11-16-12(21-17-11)5-6-15-13(19)14(2,3)18-7-9-20-10-8-18/h4-10H2,1-3H3,(H,15,19). The van der Waals surface area contributed by atoms with Crippen molar-refractivity contribution in [2.24, 2.45) is 0 Å². The van der Waals surface area contributed by atoms with Gasteiger partial charge in [0.1, 0.15) is 0 Å². The van der Waals surface area contributed by atoms with Crippen LogP contribution in [0.25, 0.3) is 0 Å². The van der Waals surface area contributed by atoms with Crippen LogP contribution < -0.4 is 5.32 Å². The second-order valence-electron chi connectivity index (χ2n) is 5.62. The first kappa shape index (κ1) is 15.9. The average Bonchev–Trinajstić information content (AvgIpc) is 2.96. The number of aromatic nitrogens is 2. The molecule has 2 heterocycles. The molecule has 0 unspecified atom stereocenters. The molecular formula is C14H24N4O3. The Bertz CT molecular complexity index is 467. The molecule has 2 rings (SSSR count). The summed E-state index contributed by atoms with van der Waals surface area (Å²) < 4.78 is 10.4. The summed E-state index contributed by atoms with van der Waals surface area (Å²) in [4.78, 5) is 18.7. The van der Waals surface area contributed by atoms with Gasteiger partial charge in [-0.05, 0) is 13.8 Å². The van der Waals surface area contributed by atoms with E-state index in [1.807, 2.05) is 20.8 Å². The Labute approximate surface area is 125 Å². The van der Waals surface area contributed by atoms with E-state index in [-0.39, 0.29) is 5.91 Å². The van der Waals surface area contributed by atoms with Crippen LogP contribution in [0.2, 0.25) is 0 Å². The highest BCUT2D eigenvalue weighted by atomic mass is 16.5. The van der Waals surface area contributed by atoms with Crippen molar-refractivity contribution in [2.45, 2.75) is 39.2 Å². The zero-order valence-electron chi connectivity index (χ0n) is 13.0. The van der Waals surface area contributed by atoms with Gasteiger partial charge in [0.15, 0.2) is 5.82 Å². The van der Waals surface area contributed by atoms with E-state index in [9.17, 15) is 4.79 Å². The Morgan fingerprint density at radius 2 is 2.10 bits per heavy atom. The fourth-order valence-electron chi connectivity index (χ4n) is 2.30. The first-order valence-corrected chi connectivity index (χ1v) is 7.46. The minimum Gasteiger partial charge on any atom is -0.379 e. The number of nitrogens with one attached hydrogen (secondary N) is 1. The van der Waals surface area contributed by atoms with Crippen LogP contribution in [0.1, 0.15) is 32.5 Å². The van der Waals surface area contributed by atoms with Crippen LogP contribution in [0.3, 0.4) is 0 Å². The van der Waals surface area contributed by atoms with Crippen molar-refractivity contribution in [2.75, 3.05) is 32.8 Å². The van der Waals surface area contributed by atoms with Gasteiger partial charge in [0.05, 0.1) is 18.8 Å². The predicted molar refractivity (Wildman–Crippen MR) is 76.9 cm³/mol. The molecule has 118 valence electrons. The lowest BCUT2D eigenvalue weighted by Gasteiger charge is -2.39. The van der Waals surface area contributed by atoms with Crippen LogP contribution in [0, 0.1) is 0 Å². The molecule has 0 radical (unpaired) electrons. The molecule has 1 aromatic heterocycles. The van der Waals surface area contributed by atoms with Crippen LogP contribution >= 0.6 is 0 Å². The van der Waals surface area contributed by atoms with Gasteiger partial charge in [-0.25, -0.2) is 0 Å². The third kappa shape index (κ3) is 4.01. The maximum absolute atomic E-state index is 12.4. The van der Waals surface area contributed by atoms with E-state index in [2.05, 4.69) is 20.4 Å². The summed E-state index contributed by atoms with van der Waals surface area (Å²) in [6.07, 6.45) is 1.30. The van der Waals surface area contributed by atoms with E-state index < -0.39 is 5.54 Å². The molecule has 0 atom stereocenters. The minimum absolute atomic E-state index is 0.0135. The van der Waals surface area contributed by atoms with E-state index in [0.717, 1.165) is 19.5 Å². The maximum atomic E-state index is 12.4. The van der Waals surface area contributed by atoms with Gasteiger partial charge >= 0.3 is 0 Å². The van der Waals surface area contributed by atoms with Gasteiger partial charge in [-0.3, -0.25) is 9.69 Å². The molecule has 0 saturated carbocycles. The highest BCUT2D eigenvalue weighted by Gasteiger charge is 2.35. The molecule has 1 aliphatic heterocycles. The molecule has 7 heteroatoms. The second-order valence-corrected chi connectivity index (χ2v) is 5.62. The number of hydrogen-bond donors (Lipinski definition) is 1. The molecule has 0 bridgehead atoms. The van der Waals surface area contributed by atoms with Crippen molar-refractivity contribution < 1.29 is 14.1 Å². The van der Waals surface area contributed by atoms with E-state index in [4.69, 9.17) is 9.26 Å². The molecule has 1 N–H and O–H groups in total. The van der Waals surface area contributed by atoms with Crippen molar-refractivity contribution in [3.63, 3.8) is 0 Å². The fourth-order valence-corrected chi connectivity index (χ4v) is 2.30. The highest BCUT2D eigenvalue weighted by molar-refractivity contribution is 5.85. The first-order valence-electron chi connectivity index (χ1n) is 7.46. The third-order valence-electron chi connectivity index (χ3n) is 3.81. The number of carbonyl (C=O) groups is 1. The molecule has 7 nitrogen and oxygen atoms in total. The summed E-state index contributed by atoms with van der Waals surface area (Å²) in [5, 5.41) is 6.78. The van der Waals surface area contributed by atoms with Gasteiger partial charge in [0.2, 0.25) is 11.8 Å². The molecule has 0 aliphatic carbocycles. The Kier molecular flexibility index (Phi) is 5.30. The van der Waals surface area contributed by atoms with Crippen molar-refractivity contribution in [1.82, 2.24) is 20.4 Å². The monoisotopic (exact) mass is 296 g/mol. The Balaban J connectivity index is 1.80. The maximum Gasteiger partial charge on any atom is 0.239 e. The number of amides is 1. The number of carbonyl (C=O) groups excluding carboxylic acids is 1. The molecule has 1 fully saturated rings. The van der Waals surface area contributed by atoms with Crippen molar-refractivity contribution in [3.05, 3.63) is 11.7 Å². The van der Waals surface area contributed by atoms with Crippen molar-refractivity contribution >= 4 is 5.91 Å². The number of ether oxygens (including phenoxy) is 1. The molecule has 0 spiro atoms. The van der Waals surface area contributed by atoms with Crippen molar-refractivity contribution in [3.8, 4) is 0 Å². The summed E-state index contributed by atoms with van der Waals surface area (Å²) in [7, 11) is 0. The van der Waals surface area contributed by atoms with Crippen molar-refractivity contribution in [1.29, 1.82) is 0 Å². The van der Waals surface area contributed by atoms with Crippen LogP contribution in [-0.4, -0.2) is 59.3 Å². The highest BCUT2D eigenvalue weighted by Crippen LogP contribution is 2.16. The Morgan fingerprint density at radius 1 is 1.38 bits per heavy atom. The van der Waals surface area contributed by atoms with E-state index >= 15 is 0 Å². The van der Waals surface area contributed by atoms with Crippen LogP contribution in [-0.2, 0) is 22.4 Å². The van der Waals surface area contributed by atoms with Gasteiger partial charge in [0, 0.05) is 32.5 Å². The zero-order valence-corrected chi connectivity index (χ0v) is 13.0. The molecule has 1 saturated heterocycles. The lowest BCUT2D eigenvalue weighted by molar-refractivity contribution is -0.134. The quantitative estimate of drug-likeness (QED) is 0.818. The molecule has 1 amide bonds. The number of morpholine rings is 1. The Hall–Kier alpha value is -1.47. The Morgan fingerprint density at radius 3 is 2.71 bits per heavy atom. The van der Waals surface area contributed by atoms with Gasteiger partial charge in [-0.1, -0.05) is 12.1 Å². The lowest BCUT2D eigenvalue weighted by Crippen LogP contribution is -2.58. The number of hydrogen-bond acceptors (Lipinski definition) is 6. The summed E-state index contributed by atoms with van der Waals surface area (Å²) in [6, 6.07) is 0. The van der Waals surface area contributed by atoms with Gasteiger partial charge in [0.25, 0.3) is 0 Å². The first-order chi connectivity index (χ1) is 10.0. The molecular weight excluding hydrogens is 272 g/mol. The topological polar surface area (TPSA) is 80.5 Å². The smallest absolute Gasteiger partial charge is 0.239 e. The third-order valence-corrected chi connectivity index (χ3v) is 3.81. The van der Waals surface area contributed by atoms with Gasteiger partial charge in [-0.15, -0.1) is 0 Å². The van der Waals surface area contributed by atoms with Crippen LogP contribution in [0.4, 0.5) is 0 Å². The van der Waals surface area contributed by atoms with Crippen LogP contribution in [0.5, 0.6) is 0 Å². The zero-order chi connectivity index (χ0) is 15.3. The lowest BCUT2D eigenvalue weighted by atomic mass is 10.0. The molecule has 21 heavy (non-hydrogen) atoms. The summed E-state index contributed by atoms with van der Waals surface area (Å²) in [5.41, 5.74) is -0.535. The number of aryl methyl sites for hydroxylation is 1. The average molecular weight is 296 g/mol. The SMILES string of the molecule is CCc1noc(CCNC(=O)C(C)(C)N2CCOCC2)n1. The van der Waals surface area contributed by atoms with E-state index in [0.29, 0.717) is 37.9 Å². The summed E-state index contributed by atoms with van der Waals surface area (Å²) in [5.74, 6) is 1.28. The van der Waals surface area contributed by atoms with E-state index in [1.165, 1.54) is 0 Å². The largest absolute Gasteiger partial charge is 0.379 e. The second kappa shape index (κ2) is 7.00. The number of rotatable bonds is 6. The predicted octanol–water partition coefficient (Wildman–Crippen LogP) is 0.402. The minimum atomic E-state index is -0.535. The number of nitrogens with zero attached hydrogens (tertiary/aromatic N) is 3. The summed E-state index contributed by atoms with van der Waals surface area (Å²) >= 11 is 0. The molecule has 1 aromatic rings. The van der Waals surface area contributed by atoms with Crippen LogP contribution in [0.15, 0.2) is 4.52 Å². The van der Waals surface area contributed by atoms with Gasteiger partial charge < -0.3 is 14.6 Å². The normalized spacial score (nSPS) is 16.9. The fraction of sp³-hybridized carbons (Fsp3) is 0.786. The molecule has 1 aliphatic rings. The summed E-state index contributed by atoms with van der Waals surface area (Å²) in [6.45, 7) is 9.27. The molecule has 0 aromatic carbocycles. The van der Waals surface area contributed by atoms with E-state index in [1.54, 1.807) is 0 Å². The van der Waals surface area contributed by atoms with Gasteiger partial charge in [-0.2, -0.15) is 4.98 Å².